The molecule has 0 saturated heterocycles. The lowest BCUT2D eigenvalue weighted by Crippen LogP contribution is -2.29. The molecular formula is C50H94NO8P. The highest BCUT2D eigenvalue weighted by Crippen LogP contribution is 2.43. The Hall–Kier alpha value is -1.77. The molecule has 0 aromatic carbocycles. The van der Waals surface area contributed by atoms with Gasteiger partial charge in [-0.15, -0.1) is 0 Å². The molecule has 0 aliphatic carbocycles. The minimum atomic E-state index is -4.36. The number of ether oxygens (including phenoxy) is 2. The third kappa shape index (κ3) is 45.7. The van der Waals surface area contributed by atoms with Gasteiger partial charge in [-0.3, -0.25) is 18.6 Å². The number of rotatable bonds is 47. The fourth-order valence-corrected chi connectivity index (χ4v) is 7.72. The predicted molar refractivity (Wildman–Crippen MR) is 252 cm³/mol. The average molecular weight is 868 g/mol. The summed E-state index contributed by atoms with van der Waals surface area (Å²) in [4.78, 5) is 35.2. The van der Waals surface area contributed by atoms with Gasteiger partial charge in [-0.2, -0.15) is 0 Å². The van der Waals surface area contributed by atoms with Crippen LogP contribution in [0.25, 0.3) is 0 Å². The number of nitrogens with one attached hydrogen (secondary N) is 1. The molecule has 0 bridgehead atoms. The normalized spacial score (nSPS) is 13.5. The molecule has 0 fully saturated rings. The Morgan fingerprint density at radius 2 is 0.900 bits per heavy atom. The lowest BCUT2D eigenvalue weighted by atomic mass is 10.0. The van der Waals surface area contributed by atoms with Gasteiger partial charge in [-0.05, 0) is 58.4 Å². The Balaban J connectivity index is 4.13. The van der Waals surface area contributed by atoms with Crippen molar-refractivity contribution in [1.29, 1.82) is 0 Å². The van der Waals surface area contributed by atoms with E-state index in [1.54, 1.807) is 7.05 Å². The van der Waals surface area contributed by atoms with Crippen molar-refractivity contribution in [3.63, 3.8) is 0 Å². The van der Waals surface area contributed by atoms with Crippen molar-refractivity contribution >= 4 is 19.8 Å². The summed E-state index contributed by atoms with van der Waals surface area (Å²) in [7, 11) is -2.66. The summed E-state index contributed by atoms with van der Waals surface area (Å²) in [6.45, 7) is 4.21. The molecule has 0 aromatic heterocycles. The molecule has 0 heterocycles. The van der Waals surface area contributed by atoms with Gasteiger partial charge in [0.15, 0.2) is 6.10 Å². The lowest BCUT2D eigenvalue weighted by Gasteiger charge is -2.20. The summed E-state index contributed by atoms with van der Waals surface area (Å²) in [5.41, 5.74) is 0. The van der Waals surface area contributed by atoms with Gasteiger partial charge in [0, 0.05) is 19.4 Å². The van der Waals surface area contributed by atoms with E-state index >= 15 is 0 Å². The van der Waals surface area contributed by atoms with Gasteiger partial charge in [-0.1, -0.05) is 204 Å². The van der Waals surface area contributed by atoms with E-state index in [2.05, 4.69) is 55.6 Å². The third-order valence-corrected chi connectivity index (χ3v) is 11.7. The number of phosphoric acid groups is 1. The van der Waals surface area contributed by atoms with Crippen molar-refractivity contribution < 1.29 is 37.6 Å². The van der Waals surface area contributed by atoms with Crippen LogP contribution in [0.1, 0.15) is 232 Å². The van der Waals surface area contributed by atoms with Crippen molar-refractivity contribution in [2.24, 2.45) is 0 Å². The topological polar surface area (TPSA) is 120 Å². The van der Waals surface area contributed by atoms with E-state index in [1.165, 1.54) is 141 Å². The van der Waals surface area contributed by atoms with Crippen LogP contribution in [0.3, 0.4) is 0 Å². The second-order valence-electron chi connectivity index (χ2n) is 16.7. The number of allylic oxidation sites excluding steroid dienone is 6. The highest BCUT2D eigenvalue weighted by molar-refractivity contribution is 7.47. The zero-order chi connectivity index (χ0) is 43.9. The number of carbonyl (C=O) groups excluding carboxylic acids is 2. The molecular weight excluding hydrogens is 774 g/mol. The summed E-state index contributed by atoms with van der Waals surface area (Å²) in [5.74, 6) is -0.822. The summed E-state index contributed by atoms with van der Waals surface area (Å²) in [5, 5.41) is 2.83. The molecule has 0 rings (SSSR count). The minimum absolute atomic E-state index is 0.0206. The number of phosphoric ester groups is 1. The fraction of sp³-hybridized carbons (Fsp3) is 0.840. The van der Waals surface area contributed by atoms with Crippen LogP contribution in [0.4, 0.5) is 0 Å². The molecule has 10 heteroatoms. The Bertz CT molecular complexity index is 1080. The molecule has 2 N–H and O–H groups in total. The van der Waals surface area contributed by atoms with Crippen molar-refractivity contribution in [2.75, 3.05) is 33.4 Å². The first-order valence-electron chi connectivity index (χ1n) is 24.9. The number of hydrogen-bond acceptors (Lipinski definition) is 8. The molecule has 60 heavy (non-hydrogen) atoms. The zero-order valence-electron chi connectivity index (χ0n) is 39.2. The summed E-state index contributed by atoms with van der Waals surface area (Å²) < 4.78 is 33.3. The highest BCUT2D eigenvalue weighted by atomic mass is 31.2. The van der Waals surface area contributed by atoms with Crippen LogP contribution in [-0.2, 0) is 32.7 Å². The largest absolute Gasteiger partial charge is 0.472 e. The fourth-order valence-electron chi connectivity index (χ4n) is 6.97. The first-order valence-corrected chi connectivity index (χ1v) is 26.4. The molecule has 0 spiro atoms. The monoisotopic (exact) mass is 868 g/mol. The number of esters is 2. The van der Waals surface area contributed by atoms with Gasteiger partial charge in [0.25, 0.3) is 0 Å². The number of likely N-dealkylation sites (N-methyl/N-ethyl adjacent to an activating group) is 1. The average Bonchev–Trinajstić information content (AvgIpc) is 3.23. The van der Waals surface area contributed by atoms with Gasteiger partial charge in [-0.25, -0.2) is 4.57 Å². The summed E-state index contributed by atoms with van der Waals surface area (Å²) >= 11 is 0. The Kier molecular flexibility index (Phi) is 45.3. The van der Waals surface area contributed by atoms with E-state index in [0.29, 0.717) is 13.0 Å². The molecule has 2 atom stereocenters. The number of unbranched alkanes of at least 4 members (excludes halogenated alkanes) is 27. The standard InChI is InChI=1S/C50H94NO8P/c1-4-6-8-10-12-14-16-18-20-22-23-24-25-27-28-30-32-34-36-38-40-42-49(52)56-46-48(47-58-60(54,55)57-45-44-51-3)59-50(53)43-41-39-37-35-33-31-29-26-21-19-17-15-13-11-9-7-5-2/h13,15,19,21,29,31,48,51H,4-12,14,16-18,20,22-28,30,32-47H2,1-3H3,(H,54,55)/b15-13-,21-19-,31-29-. The number of carbonyl (C=O) groups is 2. The van der Waals surface area contributed by atoms with Crippen molar-refractivity contribution in [1.82, 2.24) is 5.32 Å². The first-order chi connectivity index (χ1) is 29.3. The maximum atomic E-state index is 12.7. The third-order valence-electron chi connectivity index (χ3n) is 10.8. The van der Waals surface area contributed by atoms with E-state index in [9.17, 15) is 19.0 Å². The van der Waals surface area contributed by atoms with Gasteiger partial charge in [0.05, 0.1) is 13.2 Å². The van der Waals surface area contributed by atoms with Crippen LogP contribution >= 0.6 is 7.82 Å². The Labute approximate surface area is 369 Å². The van der Waals surface area contributed by atoms with Crippen LogP contribution in [0.5, 0.6) is 0 Å². The Morgan fingerprint density at radius 1 is 0.517 bits per heavy atom. The zero-order valence-corrected chi connectivity index (χ0v) is 40.1. The molecule has 2 unspecified atom stereocenters. The van der Waals surface area contributed by atoms with Gasteiger partial charge in [0.2, 0.25) is 0 Å². The van der Waals surface area contributed by atoms with E-state index in [-0.39, 0.29) is 32.0 Å². The molecule has 0 saturated carbocycles. The smallest absolute Gasteiger partial charge is 0.462 e. The molecule has 0 amide bonds. The lowest BCUT2D eigenvalue weighted by molar-refractivity contribution is -0.161. The molecule has 0 aliphatic rings. The van der Waals surface area contributed by atoms with Gasteiger partial charge >= 0.3 is 19.8 Å². The van der Waals surface area contributed by atoms with Crippen LogP contribution in [0.2, 0.25) is 0 Å². The second-order valence-corrected chi connectivity index (χ2v) is 18.1. The van der Waals surface area contributed by atoms with Crippen molar-refractivity contribution in [3.05, 3.63) is 36.5 Å². The minimum Gasteiger partial charge on any atom is -0.462 e. The molecule has 352 valence electrons. The van der Waals surface area contributed by atoms with Crippen LogP contribution in [-0.4, -0.2) is 56.3 Å². The second kappa shape index (κ2) is 46.7. The SMILES string of the molecule is CCCCC/C=C\C/C=C\C/C=C\CCCCCCC(=O)OC(COC(=O)CCCCCCCCCCCCCCCCCCCCCCC)COP(=O)(O)OCCNC. The van der Waals surface area contributed by atoms with Crippen LogP contribution in [0.15, 0.2) is 36.5 Å². The maximum absolute atomic E-state index is 12.7. The van der Waals surface area contributed by atoms with Crippen molar-refractivity contribution in [2.45, 2.75) is 238 Å². The predicted octanol–water partition coefficient (Wildman–Crippen LogP) is 14.8. The van der Waals surface area contributed by atoms with Gasteiger partial charge < -0.3 is 19.7 Å². The summed E-state index contributed by atoms with van der Waals surface area (Å²) in [6, 6.07) is 0. The quantitative estimate of drug-likeness (QED) is 0.0266. The van der Waals surface area contributed by atoms with Crippen LogP contribution < -0.4 is 5.32 Å². The molecule has 0 aliphatic heterocycles. The molecule has 0 radical (unpaired) electrons. The molecule has 0 aromatic rings. The highest BCUT2D eigenvalue weighted by Gasteiger charge is 2.26. The number of hydrogen-bond donors (Lipinski definition) is 2. The first kappa shape index (κ1) is 58.2. The summed E-state index contributed by atoms with van der Waals surface area (Å²) in [6.07, 6.45) is 51.9. The van der Waals surface area contributed by atoms with E-state index < -0.39 is 26.5 Å². The van der Waals surface area contributed by atoms with E-state index in [1.807, 2.05) is 0 Å². The maximum Gasteiger partial charge on any atom is 0.472 e. The molecule has 9 nitrogen and oxygen atoms in total. The van der Waals surface area contributed by atoms with Crippen molar-refractivity contribution in [3.8, 4) is 0 Å². The van der Waals surface area contributed by atoms with E-state index in [0.717, 1.165) is 57.8 Å². The van der Waals surface area contributed by atoms with E-state index in [4.69, 9.17) is 18.5 Å². The Morgan fingerprint density at radius 3 is 1.37 bits per heavy atom. The van der Waals surface area contributed by atoms with Gasteiger partial charge in [0.1, 0.15) is 6.61 Å². The van der Waals surface area contributed by atoms with Crippen LogP contribution in [0, 0.1) is 0 Å².